The highest BCUT2D eigenvalue weighted by atomic mass is 79.9. The molecule has 2 aromatic heterocycles. The molecule has 2 aromatic carbocycles. The summed E-state index contributed by atoms with van der Waals surface area (Å²) in [5.74, 6) is 0.262. The number of hydrogen-bond acceptors (Lipinski definition) is 5. The van der Waals surface area contributed by atoms with Crippen molar-refractivity contribution in [3.05, 3.63) is 68.8 Å². The van der Waals surface area contributed by atoms with Crippen molar-refractivity contribution in [1.29, 1.82) is 0 Å². The number of thiazole rings is 1. The summed E-state index contributed by atoms with van der Waals surface area (Å²) in [6.45, 7) is 0. The summed E-state index contributed by atoms with van der Waals surface area (Å²) in [4.78, 5) is 16.8. The van der Waals surface area contributed by atoms with Gasteiger partial charge in [-0.25, -0.2) is 4.98 Å². The molecule has 0 radical (unpaired) electrons. The van der Waals surface area contributed by atoms with E-state index in [0.29, 0.717) is 26.5 Å². The van der Waals surface area contributed by atoms with Gasteiger partial charge in [0.15, 0.2) is 16.0 Å². The molecule has 29 heavy (non-hydrogen) atoms. The maximum atomic E-state index is 12.4. The van der Waals surface area contributed by atoms with Gasteiger partial charge < -0.3 is 9.73 Å². The van der Waals surface area contributed by atoms with Crippen LogP contribution in [0.4, 0.5) is 5.13 Å². The lowest BCUT2D eigenvalue weighted by Gasteiger charge is -2.05. The minimum atomic E-state index is -0.465. The van der Waals surface area contributed by atoms with Crippen LogP contribution in [0, 0.1) is 0 Å². The molecule has 0 atom stereocenters. The predicted molar refractivity (Wildman–Crippen MR) is 125 cm³/mol. The van der Waals surface area contributed by atoms with Crippen LogP contribution < -0.4 is 10.6 Å². The fourth-order valence-corrected chi connectivity index (χ4v) is 4.33. The van der Waals surface area contributed by atoms with Crippen molar-refractivity contribution < 1.29 is 9.21 Å². The number of carbonyl (C=O) groups is 1. The number of halogens is 3. The standard InChI is InChI=1S/C19H10BrCl2N3O2S2/c20-10-3-1-9(2-4-10)12-6-7-13(27-12)17(26)24-18(28)25-19-23-16-14(29-19)8-5-11(21)15(16)22/h1-8H,(H2,23,24,25,26,28). The van der Waals surface area contributed by atoms with E-state index in [4.69, 9.17) is 39.8 Å². The lowest BCUT2D eigenvalue weighted by Crippen LogP contribution is -2.33. The van der Waals surface area contributed by atoms with E-state index >= 15 is 0 Å². The Labute approximate surface area is 193 Å². The van der Waals surface area contributed by atoms with Crippen molar-refractivity contribution >= 4 is 89.1 Å². The minimum absolute atomic E-state index is 0.0952. The van der Waals surface area contributed by atoms with Gasteiger partial charge in [0.25, 0.3) is 5.91 Å². The second-order valence-corrected chi connectivity index (χ2v) is 8.95. The first-order valence-electron chi connectivity index (χ1n) is 8.13. The van der Waals surface area contributed by atoms with Crippen LogP contribution in [0.1, 0.15) is 10.6 Å². The number of rotatable bonds is 3. The van der Waals surface area contributed by atoms with Gasteiger partial charge in [-0.2, -0.15) is 0 Å². The van der Waals surface area contributed by atoms with Gasteiger partial charge in [0.05, 0.1) is 14.7 Å². The number of thiocarbonyl (C=S) groups is 1. The zero-order valence-electron chi connectivity index (χ0n) is 14.3. The van der Waals surface area contributed by atoms with Crippen LogP contribution in [-0.4, -0.2) is 16.0 Å². The highest BCUT2D eigenvalue weighted by Gasteiger charge is 2.15. The number of furan rings is 1. The molecule has 0 unspecified atom stereocenters. The molecule has 2 N–H and O–H groups in total. The summed E-state index contributed by atoms with van der Waals surface area (Å²) in [5, 5.41) is 6.84. The van der Waals surface area contributed by atoms with Gasteiger partial charge in [-0.15, -0.1) is 0 Å². The Morgan fingerprint density at radius 3 is 2.62 bits per heavy atom. The molecule has 4 rings (SSSR count). The molecule has 0 fully saturated rings. The Kier molecular flexibility index (Phi) is 5.89. The summed E-state index contributed by atoms with van der Waals surface area (Å²) in [7, 11) is 0. The van der Waals surface area contributed by atoms with Crippen molar-refractivity contribution in [2.75, 3.05) is 5.32 Å². The number of aromatic nitrogens is 1. The topological polar surface area (TPSA) is 67.2 Å². The summed E-state index contributed by atoms with van der Waals surface area (Å²) in [6.07, 6.45) is 0. The van der Waals surface area contributed by atoms with Gasteiger partial charge in [0.2, 0.25) is 0 Å². The van der Waals surface area contributed by atoms with Crippen molar-refractivity contribution in [3.63, 3.8) is 0 Å². The Morgan fingerprint density at radius 1 is 1.10 bits per heavy atom. The van der Waals surface area contributed by atoms with Crippen molar-refractivity contribution in [2.24, 2.45) is 0 Å². The first-order chi connectivity index (χ1) is 13.9. The van der Waals surface area contributed by atoms with Gasteiger partial charge in [-0.05, 0) is 48.6 Å². The lowest BCUT2D eigenvalue weighted by atomic mass is 10.2. The SMILES string of the molecule is O=C(NC(=S)Nc1nc2c(Cl)c(Cl)ccc2s1)c1ccc(-c2ccc(Br)cc2)o1. The molecule has 1 amide bonds. The molecule has 0 aliphatic carbocycles. The van der Waals surface area contributed by atoms with Gasteiger partial charge in [0, 0.05) is 10.0 Å². The van der Waals surface area contributed by atoms with E-state index in [0.717, 1.165) is 14.7 Å². The number of carbonyl (C=O) groups excluding carboxylic acids is 1. The molecule has 0 aliphatic rings. The quantitative estimate of drug-likeness (QED) is 0.289. The first-order valence-corrected chi connectivity index (χ1v) is 10.9. The second-order valence-electron chi connectivity index (χ2n) is 5.81. The number of anilines is 1. The van der Waals surface area contributed by atoms with Crippen LogP contribution >= 0.6 is 62.7 Å². The van der Waals surface area contributed by atoms with E-state index in [9.17, 15) is 4.79 Å². The van der Waals surface area contributed by atoms with E-state index in [2.05, 4.69) is 31.5 Å². The van der Waals surface area contributed by atoms with E-state index in [1.54, 1.807) is 18.2 Å². The van der Waals surface area contributed by atoms with Crippen LogP contribution in [0.25, 0.3) is 21.5 Å². The Bertz CT molecular complexity index is 1240. The second kappa shape index (κ2) is 8.41. The number of hydrogen-bond donors (Lipinski definition) is 2. The average molecular weight is 527 g/mol. The minimum Gasteiger partial charge on any atom is -0.451 e. The van der Waals surface area contributed by atoms with E-state index < -0.39 is 5.91 Å². The maximum Gasteiger partial charge on any atom is 0.293 e. The third kappa shape index (κ3) is 4.46. The fraction of sp³-hybridized carbons (Fsp3) is 0. The Morgan fingerprint density at radius 2 is 1.86 bits per heavy atom. The number of benzene rings is 2. The summed E-state index contributed by atoms with van der Waals surface area (Å²) >= 11 is 22.1. The molecule has 146 valence electrons. The molecule has 2 heterocycles. The summed E-state index contributed by atoms with van der Waals surface area (Å²) in [6, 6.07) is 14.4. The van der Waals surface area contributed by atoms with E-state index in [1.807, 2.05) is 30.3 Å². The van der Waals surface area contributed by atoms with Gasteiger partial charge in [0.1, 0.15) is 11.3 Å². The number of nitrogens with one attached hydrogen (secondary N) is 2. The molecule has 0 saturated carbocycles. The summed E-state index contributed by atoms with van der Waals surface area (Å²) < 4.78 is 7.45. The third-order valence-electron chi connectivity index (χ3n) is 3.86. The molecule has 4 aromatic rings. The lowest BCUT2D eigenvalue weighted by molar-refractivity contribution is 0.0951. The Balaban J connectivity index is 1.44. The molecule has 5 nitrogen and oxygen atoms in total. The fourth-order valence-electron chi connectivity index (χ4n) is 2.51. The van der Waals surface area contributed by atoms with Crippen LogP contribution in [-0.2, 0) is 0 Å². The van der Waals surface area contributed by atoms with E-state index in [1.165, 1.54) is 11.3 Å². The third-order valence-corrected chi connectivity index (χ3v) is 6.32. The average Bonchev–Trinajstić information content (AvgIpc) is 3.33. The number of fused-ring (bicyclic) bond motifs is 1. The van der Waals surface area contributed by atoms with Crippen LogP contribution in [0.3, 0.4) is 0 Å². The van der Waals surface area contributed by atoms with Crippen molar-refractivity contribution in [3.8, 4) is 11.3 Å². The molecule has 0 aliphatic heterocycles. The number of nitrogens with zero attached hydrogens (tertiary/aromatic N) is 1. The van der Waals surface area contributed by atoms with E-state index in [-0.39, 0.29) is 10.9 Å². The van der Waals surface area contributed by atoms with Gasteiger partial charge >= 0.3 is 0 Å². The van der Waals surface area contributed by atoms with Crippen LogP contribution in [0.5, 0.6) is 0 Å². The predicted octanol–water partition coefficient (Wildman–Crippen LogP) is 6.75. The molecule has 10 heteroatoms. The Hall–Kier alpha value is -1.97. The molecular weight excluding hydrogens is 517 g/mol. The number of amides is 1. The van der Waals surface area contributed by atoms with Crippen LogP contribution in [0.15, 0.2) is 57.4 Å². The highest BCUT2D eigenvalue weighted by Crippen LogP contribution is 2.35. The van der Waals surface area contributed by atoms with Gasteiger partial charge in [-0.3, -0.25) is 10.1 Å². The van der Waals surface area contributed by atoms with Gasteiger partial charge in [-0.1, -0.05) is 62.6 Å². The van der Waals surface area contributed by atoms with Crippen molar-refractivity contribution in [1.82, 2.24) is 10.3 Å². The smallest absolute Gasteiger partial charge is 0.293 e. The monoisotopic (exact) mass is 525 g/mol. The molecular formula is C19H10BrCl2N3O2S2. The summed E-state index contributed by atoms with van der Waals surface area (Å²) in [5.41, 5.74) is 1.43. The maximum absolute atomic E-state index is 12.4. The molecule has 0 saturated heterocycles. The zero-order valence-corrected chi connectivity index (χ0v) is 19.1. The van der Waals surface area contributed by atoms with Crippen molar-refractivity contribution in [2.45, 2.75) is 0 Å². The highest BCUT2D eigenvalue weighted by molar-refractivity contribution is 9.10. The zero-order chi connectivity index (χ0) is 20.5. The normalized spacial score (nSPS) is 10.9. The molecule has 0 spiro atoms. The first kappa shape index (κ1) is 20.3. The largest absolute Gasteiger partial charge is 0.451 e. The molecule has 0 bridgehead atoms. The van der Waals surface area contributed by atoms with Crippen LogP contribution in [0.2, 0.25) is 10.0 Å².